The average Bonchev–Trinajstić information content (AvgIpc) is 2.76. The van der Waals surface area contributed by atoms with E-state index in [0.717, 1.165) is 6.42 Å². The second-order valence-electron chi connectivity index (χ2n) is 6.73. The van der Waals surface area contributed by atoms with Crippen molar-refractivity contribution in [3.05, 3.63) is 64.0 Å². The number of methoxy groups -OCH3 is 1. The molecule has 0 aliphatic carbocycles. The molecule has 2 heterocycles. The van der Waals surface area contributed by atoms with Crippen molar-refractivity contribution in [2.24, 2.45) is 0 Å². The van der Waals surface area contributed by atoms with Gasteiger partial charge < -0.3 is 15.2 Å². The highest BCUT2D eigenvalue weighted by Crippen LogP contribution is 2.39. The first-order valence-electron chi connectivity index (χ1n) is 9.50. The van der Waals surface area contributed by atoms with Crippen LogP contribution in [-0.4, -0.2) is 33.0 Å². The molecule has 2 N–H and O–H groups in total. The molecule has 0 bridgehead atoms. The highest BCUT2D eigenvalue weighted by Gasteiger charge is 2.27. The van der Waals surface area contributed by atoms with Crippen molar-refractivity contribution in [2.45, 2.75) is 32.2 Å². The Morgan fingerprint density at radius 1 is 1.30 bits per heavy atom. The summed E-state index contributed by atoms with van der Waals surface area (Å²) in [6, 6.07) is 6.77. The molecule has 0 fully saturated rings. The molecule has 0 saturated heterocycles. The second kappa shape index (κ2) is 9.17. The minimum absolute atomic E-state index is 0.0931. The van der Waals surface area contributed by atoms with Crippen LogP contribution >= 0.6 is 0 Å². The summed E-state index contributed by atoms with van der Waals surface area (Å²) in [7, 11) is 1.46. The van der Waals surface area contributed by atoms with Gasteiger partial charge >= 0.3 is 0 Å². The van der Waals surface area contributed by atoms with E-state index < -0.39 is 11.0 Å². The maximum atomic E-state index is 12.5. The molecule has 9 nitrogen and oxygen atoms in total. The van der Waals surface area contributed by atoms with E-state index in [1.165, 1.54) is 31.6 Å². The number of hydrogen-bond donors (Lipinski definition) is 2. The van der Waals surface area contributed by atoms with Gasteiger partial charge in [0.05, 0.1) is 23.5 Å². The molecule has 1 unspecified atom stereocenters. The van der Waals surface area contributed by atoms with Crippen molar-refractivity contribution in [3.8, 4) is 11.6 Å². The first kappa shape index (κ1) is 21.0. The monoisotopic (exact) mass is 410 g/mol. The Balaban J connectivity index is 2.19. The quantitative estimate of drug-likeness (QED) is 0.428. The number of rotatable bonds is 8. The highest BCUT2D eigenvalue weighted by atomic mass is 16.6. The number of nitro groups is 1. The number of carbonyl (C=O) groups is 1. The number of fused-ring (bicyclic) bond motifs is 1. The molecule has 9 heteroatoms. The molecule has 30 heavy (non-hydrogen) atoms. The summed E-state index contributed by atoms with van der Waals surface area (Å²) in [5, 5.41) is 25.7. The van der Waals surface area contributed by atoms with Crippen LogP contribution in [0.15, 0.2) is 42.7 Å². The zero-order chi connectivity index (χ0) is 21.7. The lowest BCUT2D eigenvalue weighted by molar-refractivity contribution is -0.383. The van der Waals surface area contributed by atoms with Gasteiger partial charge in [-0.05, 0) is 30.2 Å². The minimum Gasteiger partial charge on any atom is -0.505 e. The number of phenolic OH excluding ortho intramolecular Hbond substituents is 1. The molecule has 0 aliphatic rings. The number of carbonyl (C=O) groups excluding carboxylic acids is 1. The fourth-order valence-electron chi connectivity index (χ4n) is 3.23. The van der Waals surface area contributed by atoms with Gasteiger partial charge in [0.25, 0.3) is 5.69 Å². The molecule has 3 rings (SSSR count). The number of aromatic hydroxyl groups is 1. The average molecular weight is 410 g/mol. The van der Waals surface area contributed by atoms with Crippen molar-refractivity contribution in [1.82, 2.24) is 15.3 Å². The predicted octanol–water partition coefficient (Wildman–Crippen LogP) is 3.65. The van der Waals surface area contributed by atoms with Gasteiger partial charge in [-0.25, -0.2) is 4.98 Å². The molecule has 0 radical (unpaired) electrons. The lowest BCUT2D eigenvalue weighted by Crippen LogP contribution is -2.29. The zero-order valence-electron chi connectivity index (χ0n) is 16.7. The van der Waals surface area contributed by atoms with Crippen LogP contribution in [0.4, 0.5) is 5.69 Å². The van der Waals surface area contributed by atoms with Gasteiger partial charge in [0.15, 0.2) is 0 Å². The Labute approximate surface area is 172 Å². The van der Waals surface area contributed by atoms with Gasteiger partial charge in [-0.1, -0.05) is 13.3 Å². The topological polar surface area (TPSA) is 127 Å². The van der Waals surface area contributed by atoms with Crippen LogP contribution in [0, 0.1) is 10.1 Å². The summed E-state index contributed by atoms with van der Waals surface area (Å²) in [6.07, 6.45) is 4.79. The molecule has 156 valence electrons. The Morgan fingerprint density at radius 3 is 2.80 bits per heavy atom. The van der Waals surface area contributed by atoms with E-state index in [0.29, 0.717) is 24.3 Å². The zero-order valence-corrected chi connectivity index (χ0v) is 16.7. The van der Waals surface area contributed by atoms with E-state index in [2.05, 4.69) is 15.3 Å². The van der Waals surface area contributed by atoms with Crippen LogP contribution in [0.3, 0.4) is 0 Å². The van der Waals surface area contributed by atoms with Crippen LogP contribution in [-0.2, 0) is 4.79 Å². The van der Waals surface area contributed by atoms with Gasteiger partial charge in [-0.2, -0.15) is 0 Å². The number of unbranched alkanes of at least 4 members (excludes halogenated alkanes) is 1. The summed E-state index contributed by atoms with van der Waals surface area (Å²) in [5.41, 5.74) is 0.618. The molecule has 1 aromatic carbocycles. The van der Waals surface area contributed by atoms with E-state index in [1.54, 1.807) is 18.2 Å². The fourth-order valence-corrected chi connectivity index (χ4v) is 3.23. The number of ether oxygens (including phenoxy) is 1. The van der Waals surface area contributed by atoms with Crippen LogP contribution < -0.4 is 10.1 Å². The van der Waals surface area contributed by atoms with Crippen LogP contribution in [0.5, 0.6) is 11.6 Å². The summed E-state index contributed by atoms with van der Waals surface area (Å²) < 4.78 is 5.17. The molecule has 3 aromatic rings. The van der Waals surface area contributed by atoms with Crippen molar-refractivity contribution >= 4 is 22.5 Å². The van der Waals surface area contributed by atoms with Crippen molar-refractivity contribution in [2.75, 3.05) is 7.11 Å². The number of non-ortho nitro benzene ring substituents is 1. The molecular formula is C21H22N4O5. The number of pyridine rings is 2. The van der Waals surface area contributed by atoms with E-state index in [4.69, 9.17) is 4.74 Å². The Morgan fingerprint density at radius 2 is 2.10 bits per heavy atom. The number of nitro benzene ring substituents is 1. The number of phenols is 1. The lowest BCUT2D eigenvalue weighted by atomic mass is 9.95. The second-order valence-corrected chi connectivity index (χ2v) is 6.73. The maximum absolute atomic E-state index is 12.5. The van der Waals surface area contributed by atoms with E-state index in [-0.39, 0.29) is 33.8 Å². The van der Waals surface area contributed by atoms with Gasteiger partial charge in [0.1, 0.15) is 11.3 Å². The minimum atomic E-state index is -0.851. The smallest absolute Gasteiger partial charge is 0.279 e. The molecule has 0 saturated carbocycles. The van der Waals surface area contributed by atoms with E-state index >= 15 is 0 Å². The van der Waals surface area contributed by atoms with Crippen molar-refractivity contribution < 1.29 is 19.6 Å². The van der Waals surface area contributed by atoms with Gasteiger partial charge in [-0.3, -0.25) is 19.9 Å². The standard InChI is InChI=1S/C21H22N4O5/c1-3-4-7-17(26)24-19(13-8-10-22-18(11-13)30-2)15-12-16(25(28)29)14-6-5-9-23-20(14)21(15)27/h5-6,8-12,19,27H,3-4,7H2,1-2H3,(H,24,26). The molecule has 1 atom stereocenters. The highest BCUT2D eigenvalue weighted by molar-refractivity contribution is 5.94. The maximum Gasteiger partial charge on any atom is 0.279 e. The largest absolute Gasteiger partial charge is 0.505 e. The normalized spacial score (nSPS) is 11.8. The lowest BCUT2D eigenvalue weighted by Gasteiger charge is -2.21. The van der Waals surface area contributed by atoms with Crippen LogP contribution in [0.2, 0.25) is 0 Å². The van der Waals surface area contributed by atoms with Gasteiger partial charge in [-0.15, -0.1) is 0 Å². The molecule has 1 amide bonds. The molecule has 0 spiro atoms. The number of nitrogens with one attached hydrogen (secondary N) is 1. The third-order valence-corrected chi connectivity index (χ3v) is 4.75. The van der Waals surface area contributed by atoms with E-state index in [1.807, 2.05) is 6.92 Å². The number of benzene rings is 1. The SMILES string of the molecule is CCCCC(=O)NC(c1ccnc(OC)c1)c1cc([N+](=O)[O-])c2cccnc2c1O. The summed E-state index contributed by atoms with van der Waals surface area (Å²) in [5.74, 6) is -0.151. The third kappa shape index (κ3) is 4.29. The molecule has 2 aromatic heterocycles. The van der Waals surface area contributed by atoms with Gasteiger partial charge in [0.2, 0.25) is 11.8 Å². The third-order valence-electron chi connectivity index (χ3n) is 4.75. The Hall–Kier alpha value is -3.75. The number of nitrogens with zero attached hydrogens (tertiary/aromatic N) is 3. The van der Waals surface area contributed by atoms with Crippen LogP contribution in [0.1, 0.15) is 43.4 Å². The van der Waals surface area contributed by atoms with E-state index in [9.17, 15) is 20.0 Å². The number of amides is 1. The number of aromatic nitrogens is 2. The first-order chi connectivity index (χ1) is 14.5. The summed E-state index contributed by atoms with van der Waals surface area (Å²) >= 11 is 0. The first-order valence-corrected chi connectivity index (χ1v) is 9.50. The van der Waals surface area contributed by atoms with Crippen LogP contribution in [0.25, 0.3) is 10.9 Å². The Kier molecular flexibility index (Phi) is 6.41. The Bertz CT molecular complexity index is 1090. The summed E-state index contributed by atoms with van der Waals surface area (Å²) in [4.78, 5) is 31.8. The summed E-state index contributed by atoms with van der Waals surface area (Å²) in [6.45, 7) is 1.97. The fraction of sp³-hybridized carbons (Fsp3) is 0.286. The van der Waals surface area contributed by atoms with Crippen molar-refractivity contribution in [1.29, 1.82) is 0 Å². The van der Waals surface area contributed by atoms with Gasteiger partial charge in [0, 0.05) is 36.5 Å². The van der Waals surface area contributed by atoms with Crippen molar-refractivity contribution in [3.63, 3.8) is 0 Å². The molecular weight excluding hydrogens is 388 g/mol. The predicted molar refractivity (Wildman–Crippen MR) is 110 cm³/mol. The number of hydrogen-bond acceptors (Lipinski definition) is 7. The molecule has 0 aliphatic heterocycles.